The summed E-state index contributed by atoms with van der Waals surface area (Å²) in [6, 6.07) is 0. The lowest BCUT2D eigenvalue weighted by Gasteiger charge is -2.16. The summed E-state index contributed by atoms with van der Waals surface area (Å²) in [6.45, 7) is 1.22. The fraction of sp³-hybridized carbons (Fsp3) is 0.875. The summed E-state index contributed by atoms with van der Waals surface area (Å²) in [4.78, 5) is 10.7. The van der Waals surface area contributed by atoms with Crippen LogP contribution in [0.4, 0.5) is 0 Å². The molecule has 1 fully saturated rings. The molecule has 6 heteroatoms. The smallest absolute Gasteiger partial charge is 0.303 e. The molecule has 1 aliphatic heterocycles. The van der Waals surface area contributed by atoms with Gasteiger partial charge in [0, 0.05) is 12.7 Å². The van der Waals surface area contributed by atoms with Crippen molar-refractivity contribution in [2.75, 3.05) is 12.0 Å². The maximum atomic E-state index is 10.7. The normalized spacial score (nSPS) is 37.1. The molecule has 0 aliphatic carbocycles. The summed E-state index contributed by atoms with van der Waals surface area (Å²) < 4.78 is 9.77. The summed E-state index contributed by atoms with van der Waals surface area (Å²) in [5.74, 6) is 0.0113. The van der Waals surface area contributed by atoms with Crippen LogP contribution in [0.1, 0.15) is 6.92 Å². The first-order chi connectivity index (χ1) is 6.56. The standard InChI is InChI=1S/C8H14O5S/c1-4(9)12-7-6(10)5(3-14-2)13-8(7)11/h5-8,10-11H,3H2,1-2H3/t5?,6?,7-,8?/m0/s1. The molecule has 0 spiro atoms. The lowest BCUT2D eigenvalue weighted by atomic mass is 10.1. The molecule has 0 aromatic heterocycles. The zero-order valence-electron chi connectivity index (χ0n) is 8.04. The first-order valence-electron chi connectivity index (χ1n) is 4.24. The fourth-order valence-corrected chi connectivity index (χ4v) is 1.94. The second-order valence-corrected chi connectivity index (χ2v) is 4.00. The van der Waals surface area contributed by atoms with E-state index in [1.54, 1.807) is 0 Å². The van der Waals surface area contributed by atoms with Gasteiger partial charge in [0.05, 0.1) is 6.10 Å². The van der Waals surface area contributed by atoms with Gasteiger partial charge in [-0.05, 0) is 6.26 Å². The van der Waals surface area contributed by atoms with Gasteiger partial charge in [0.1, 0.15) is 6.10 Å². The molecule has 0 bridgehead atoms. The Morgan fingerprint density at radius 1 is 1.57 bits per heavy atom. The SMILES string of the molecule is CSCC1OC(O)[C@@H](OC(C)=O)C1O. The molecule has 1 saturated heterocycles. The van der Waals surface area contributed by atoms with E-state index in [0.29, 0.717) is 5.75 Å². The van der Waals surface area contributed by atoms with E-state index in [1.807, 2.05) is 6.26 Å². The Bertz CT molecular complexity index is 210. The summed E-state index contributed by atoms with van der Waals surface area (Å²) in [7, 11) is 0. The number of ether oxygens (including phenoxy) is 2. The van der Waals surface area contributed by atoms with Crippen LogP contribution in [0.25, 0.3) is 0 Å². The molecule has 1 rings (SSSR count). The number of hydrogen-bond acceptors (Lipinski definition) is 6. The van der Waals surface area contributed by atoms with Crippen molar-refractivity contribution in [2.45, 2.75) is 31.5 Å². The molecule has 14 heavy (non-hydrogen) atoms. The van der Waals surface area contributed by atoms with E-state index in [-0.39, 0.29) is 0 Å². The number of aliphatic hydroxyl groups excluding tert-OH is 2. The number of rotatable bonds is 3. The molecule has 4 atom stereocenters. The van der Waals surface area contributed by atoms with Gasteiger partial charge in [-0.2, -0.15) is 11.8 Å². The van der Waals surface area contributed by atoms with Crippen LogP contribution >= 0.6 is 11.8 Å². The largest absolute Gasteiger partial charge is 0.454 e. The van der Waals surface area contributed by atoms with Gasteiger partial charge < -0.3 is 19.7 Å². The van der Waals surface area contributed by atoms with Crippen LogP contribution in [0.3, 0.4) is 0 Å². The van der Waals surface area contributed by atoms with Crippen molar-refractivity contribution >= 4 is 17.7 Å². The fourth-order valence-electron chi connectivity index (χ4n) is 1.34. The number of aliphatic hydroxyl groups is 2. The Kier molecular flexibility index (Phi) is 4.18. The second kappa shape index (κ2) is 4.97. The van der Waals surface area contributed by atoms with Crippen LogP contribution in [-0.2, 0) is 14.3 Å². The minimum absolute atomic E-state index is 0.482. The molecule has 0 saturated carbocycles. The van der Waals surface area contributed by atoms with Gasteiger partial charge in [-0.25, -0.2) is 0 Å². The first-order valence-corrected chi connectivity index (χ1v) is 5.63. The van der Waals surface area contributed by atoms with E-state index in [0.717, 1.165) is 0 Å². The maximum absolute atomic E-state index is 10.7. The predicted molar refractivity (Wildman–Crippen MR) is 50.8 cm³/mol. The van der Waals surface area contributed by atoms with E-state index in [9.17, 15) is 15.0 Å². The number of carbonyl (C=O) groups is 1. The van der Waals surface area contributed by atoms with E-state index in [1.165, 1.54) is 18.7 Å². The van der Waals surface area contributed by atoms with Crippen molar-refractivity contribution in [3.05, 3.63) is 0 Å². The zero-order valence-corrected chi connectivity index (χ0v) is 8.86. The van der Waals surface area contributed by atoms with E-state index < -0.39 is 30.6 Å². The number of thioether (sulfide) groups is 1. The van der Waals surface area contributed by atoms with Gasteiger partial charge >= 0.3 is 5.97 Å². The third kappa shape index (κ3) is 2.60. The van der Waals surface area contributed by atoms with Crippen LogP contribution in [0.15, 0.2) is 0 Å². The van der Waals surface area contributed by atoms with Gasteiger partial charge in [-0.15, -0.1) is 0 Å². The van der Waals surface area contributed by atoms with E-state index >= 15 is 0 Å². The predicted octanol–water partition coefficient (Wildman–Crippen LogP) is -0.641. The Hall–Kier alpha value is -0.300. The van der Waals surface area contributed by atoms with Crippen molar-refractivity contribution in [3.63, 3.8) is 0 Å². The highest BCUT2D eigenvalue weighted by Gasteiger charge is 2.44. The third-order valence-electron chi connectivity index (χ3n) is 1.95. The lowest BCUT2D eigenvalue weighted by molar-refractivity contribution is -0.169. The highest BCUT2D eigenvalue weighted by atomic mass is 32.2. The van der Waals surface area contributed by atoms with E-state index in [2.05, 4.69) is 0 Å². The second-order valence-electron chi connectivity index (χ2n) is 3.09. The van der Waals surface area contributed by atoms with Crippen molar-refractivity contribution in [2.24, 2.45) is 0 Å². The molecule has 2 N–H and O–H groups in total. The molecular weight excluding hydrogens is 208 g/mol. The molecular formula is C8H14O5S. The highest BCUT2D eigenvalue weighted by Crippen LogP contribution is 2.24. The Labute approximate surface area is 86.4 Å². The monoisotopic (exact) mass is 222 g/mol. The minimum Gasteiger partial charge on any atom is -0.454 e. The van der Waals surface area contributed by atoms with Gasteiger partial charge in [0.25, 0.3) is 0 Å². The molecule has 0 aromatic rings. The average Bonchev–Trinajstić information content (AvgIpc) is 2.33. The molecule has 0 radical (unpaired) electrons. The average molecular weight is 222 g/mol. The van der Waals surface area contributed by atoms with Crippen LogP contribution in [0.2, 0.25) is 0 Å². The summed E-state index contributed by atoms with van der Waals surface area (Å²) in [5.41, 5.74) is 0. The zero-order chi connectivity index (χ0) is 10.7. The summed E-state index contributed by atoms with van der Waals surface area (Å²) in [6.07, 6.45) is -1.77. The third-order valence-corrected chi connectivity index (χ3v) is 2.61. The Morgan fingerprint density at radius 3 is 2.71 bits per heavy atom. The van der Waals surface area contributed by atoms with Gasteiger partial charge in [-0.1, -0.05) is 0 Å². The molecule has 1 heterocycles. The van der Waals surface area contributed by atoms with Crippen LogP contribution in [-0.4, -0.2) is 52.8 Å². The lowest BCUT2D eigenvalue weighted by Crippen LogP contribution is -2.37. The quantitative estimate of drug-likeness (QED) is 0.619. The molecule has 1 aliphatic rings. The minimum atomic E-state index is -1.23. The van der Waals surface area contributed by atoms with Gasteiger partial charge in [-0.3, -0.25) is 4.79 Å². The highest BCUT2D eigenvalue weighted by molar-refractivity contribution is 7.98. The molecule has 82 valence electrons. The molecule has 5 nitrogen and oxygen atoms in total. The van der Waals surface area contributed by atoms with Crippen LogP contribution in [0.5, 0.6) is 0 Å². The van der Waals surface area contributed by atoms with E-state index in [4.69, 9.17) is 9.47 Å². The van der Waals surface area contributed by atoms with Crippen molar-refractivity contribution < 1.29 is 24.5 Å². The summed E-state index contributed by atoms with van der Waals surface area (Å²) >= 11 is 1.49. The Morgan fingerprint density at radius 2 is 2.21 bits per heavy atom. The Balaban J connectivity index is 2.55. The first kappa shape index (κ1) is 11.8. The summed E-state index contributed by atoms with van der Waals surface area (Å²) in [5, 5.41) is 19.0. The molecule has 3 unspecified atom stereocenters. The number of hydrogen-bond donors (Lipinski definition) is 2. The number of carbonyl (C=O) groups excluding carboxylic acids is 1. The van der Waals surface area contributed by atoms with Gasteiger partial charge in [0.2, 0.25) is 0 Å². The van der Waals surface area contributed by atoms with Crippen molar-refractivity contribution in [3.8, 4) is 0 Å². The van der Waals surface area contributed by atoms with Crippen molar-refractivity contribution in [1.29, 1.82) is 0 Å². The molecule has 0 aromatic carbocycles. The van der Waals surface area contributed by atoms with Crippen molar-refractivity contribution in [1.82, 2.24) is 0 Å². The molecule has 0 amide bonds. The van der Waals surface area contributed by atoms with Crippen LogP contribution in [0, 0.1) is 0 Å². The van der Waals surface area contributed by atoms with Crippen LogP contribution < -0.4 is 0 Å². The number of esters is 1. The maximum Gasteiger partial charge on any atom is 0.303 e. The topological polar surface area (TPSA) is 76.0 Å². The van der Waals surface area contributed by atoms with Gasteiger partial charge in [0.15, 0.2) is 12.4 Å².